The minimum absolute atomic E-state index is 0.0654. The van der Waals surface area contributed by atoms with Crippen molar-refractivity contribution in [3.8, 4) is 5.75 Å². The van der Waals surface area contributed by atoms with Crippen LogP contribution in [0.15, 0.2) is 35.5 Å². The van der Waals surface area contributed by atoms with Gasteiger partial charge in [0.2, 0.25) is 0 Å². The number of rotatable bonds is 3. The Hall–Kier alpha value is -1.90. The molecular formula is C13H15N3O4S. The molecule has 1 aliphatic rings. The second-order valence-corrected chi connectivity index (χ2v) is 6.55. The summed E-state index contributed by atoms with van der Waals surface area (Å²) in [7, 11) is -3.75. The molecule has 0 aliphatic carbocycles. The fourth-order valence-corrected chi connectivity index (χ4v) is 3.77. The van der Waals surface area contributed by atoms with Crippen molar-refractivity contribution in [3.63, 3.8) is 0 Å². The number of benzene rings is 1. The number of hydrogen-bond donors (Lipinski definition) is 2. The van der Waals surface area contributed by atoms with E-state index >= 15 is 0 Å². The van der Waals surface area contributed by atoms with E-state index in [-0.39, 0.29) is 36.9 Å². The Balaban J connectivity index is 1.97. The highest BCUT2D eigenvalue weighted by atomic mass is 32.2. The number of aromatic amines is 1. The lowest BCUT2D eigenvalue weighted by Gasteiger charge is -2.19. The molecule has 0 amide bonds. The first kappa shape index (κ1) is 14.1. The molecule has 0 atom stereocenters. The highest BCUT2D eigenvalue weighted by molar-refractivity contribution is 7.89. The summed E-state index contributed by atoms with van der Waals surface area (Å²) in [5.74, 6) is 0.696. The van der Waals surface area contributed by atoms with Crippen LogP contribution in [0.2, 0.25) is 0 Å². The topological polar surface area (TPSA) is 95.5 Å². The van der Waals surface area contributed by atoms with Crippen LogP contribution in [0, 0.1) is 0 Å². The van der Waals surface area contributed by atoms with Crippen LogP contribution in [0.4, 0.5) is 0 Å². The summed E-state index contributed by atoms with van der Waals surface area (Å²) in [5, 5.41) is 15.3. The highest BCUT2D eigenvalue weighted by Gasteiger charge is 2.30. The third kappa shape index (κ3) is 2.53. The van der Waals surface area contributed by atoms with Gasteiger partial charge in [0.25, 0.3) is 10.0 Å². The van der Waals surface area contributed by atoms with Crippen molar-refractivity contribution in [1.82, 2.24) is 14.5 Å². The summed E-state index contributed by atoms with van der Waals surface area (Å²) >= 11 is 0. The van der Waals surface area contributed by atoms with Gasteiger partial charge in [-0.3, -0.25) is 5.10 Å². The van der Waals surface area contributed by atoms with Gasteiger partial charge >= 0.3 is 0 Å². The van der Waals surface area contributed by atoms with Crippen LogP contribution < -0.4 is 4.74 Å². The number of fused-ring (bicyclic) bond motifs is 1. The molecule has 2 aromatic rings. The van der Waals surface area contributed by atoms with Gasteiger partial charge in [-0.05, 0) is 6.07 Å². The average molecular weight is 309 g/mol. The van der Waals surface area contributed by atoms with E-state index in [9.17, 15) is 13.5 Å². The molecule has 8 heteroatoms. The molecular weight excluding hydrogens is 294 g/mol. The molecule has 2 N–H and O–H groups in total. The molecule has 1 aromatic heterocycles. The number of H-pyrrole nitrogens is 1. The maximum atomic E-state index is 12.7. The van der Waals surface area contributed by atoms with Crippen LogP contribution in [0.5, 0.6) is 5.75 Å². The van der Waals surface area contributed by atoms with E-state index < -0.39 is 10.0 Å². The number of hydrogen-bond acceptors (Lipinski definition) is 5. The first-order chi connectivity index (χ1) is 10.1. The Morgan fingerprint density at radius 1 is 1.38 bits per heavy atom. The molecule has 0 fully saturated rings. The number of nitrogens with zero attached hydrogens (tertiary/aromatic N) is 2. The van der Waals surface area contributed by atoms with Crippen molar-refractivity contribution in [2.45, 2.75) is 18.2 Å². The van der Waals surface area contributed by atoms with Gasteiger partial charge < -0.3 is 9.84 Å². The van der Waals surface area contributed by atoms with E-state index in [2.05, 4.69) is 10.2 Å². The van der Waals surface area contributed by atoms with Crippen molar-refractivity contribution in [1.29, 1.82) is 0 Å². The second kappa shape index (κ2) is 5.47. The first-order valence-corrected chi connectivity index (χ1v) is 7.91. The normalized spacial score (nSPS) is 16.0. The Morgan fingerprint density at radius 2 is 2.19 bits per heavy atom. The third-order valence-electron chi connectivity index (χ3n) is 3.36. The van der Waals surface area contributed by atoms with Crippen LogP contribution in [0.3, 0.4) is 0 Å². The summed E-state index contributed by atoms with van der Waals surface area (Å²) in [4.78, 5) is 0. The van der Waals surface area contributed by atoms with Gasteiger partial charge in [0, 0.05) is 24.2 Å². The van der Waals surface area contributed by atoms with Crippen LogP contribution >= 0.6 is 0 Å². The molecule has 3 rings (SSSR count). The van der Waals surface area contributed by atoms with Gasteiger partial charge in [-0.1, -0.05) is 18.2 Å². The Morgan fingerprint density at radius 3 is 3.00 bits per heavy atom. The molecule has 0 radical (unpaired) electrons. The Bertz CT molecular complexity index is 741. The zero-order valence-electron chi connectivity index (χ0n) is 11.2. The molecule has 1 aliphatic heterocycles. The van der Waals surface area contributed by atoms with Gasteiger partial charge in [-0.2, -0.15) is 9.40 Å². The summed E-state index contributed by atoms with van der Waals surface area (Å²) in [6.07, 6.45) is 1.31. The van der Waals surface area contributed by atoms with Crippen molar-refractivity contribution >= 4 is 10.0 Å². The van der Waals surface area contributed by atoms with E-state index in [4.69, 9.17) is 4.74 Å². The predicted octanol–water partition coefficient (Wildman–Crippen LogP) is 0.485. The number of sulfonamides is 1. The molecule has 7 nitrogen and oxygen atoms in total. The van der Waals surface area contributed by atoms with Crippen molar-refractivity contribution in [3.05, 3.63) is 41.6 Å². The quantitative estimate of drug-likeness (QED) is 0.860. The second-order valence-electron chi connectivity index (χ2n) is 4.68. The molecule has 0 spiro atoms. The van der Waals surface area contributed by atoms with E-state index in [1.165, 1.54) is 10.5 Å². The van der Waals surface area contributed by atoms with Crippen LogP contribution in [0.25, 0.3) is 0 Å². The summed E-state index contributed by atoms with van der Waals surface area (Å²) in [6.45, 7) is 0.355. The molecule has 0 saturated heterocycles. The lowest BCUT2D eigenvalue weighted by molar-refractivity contribution is 0.276. The number of ether oxygens (including phenoxy) is 1. The molecule has 0 bridgehead atoms. The minimum Gasteiger partial charge on any atom is -0.492 e. The molecule has 0 unspecified atom stereocenters. The van der Waals surface area contributed by atoms with Gasteiger partial charge in [0.15, 0.2) is 5.03 Å². The maximum Gasteiger partial charge on any atom is 0.260 e. The number of aromatic nitrogens is 2. The van der Waals surface area contributed by atoms with Gasteiger partial charge in [-0.15, -0.1) is 0 Å². The lowest BCUT2D eigenvalue weighted by atomic mass is 10.2. The zero-order valence-corrected chi connectivity index (χ0v) is 12.0. The standard InChI is InChI=1S/C13H15N3O4S/c17-9-11-7-14-15-13(11)21(18,19)16-5-6-20-12-4-2-1-3-10(12)8-16/h1-4,7,17H,5-6,8-9H2,(H,14,15). The van der Waals surface area contributed by atoms with Crippen molar-refractivity contribution in [2.24, 2.45) is 0 Å². The number of para-hydroxylation sites is 1. The monoisotopic (exact) mass is 309 g/mol. The molecule has 21 heavy (non-hydrogen) atoms. The highest BCUT2D eigenvalue weighted by Crippen LogP contribution is 2.26. The van der Waals surface area contributed by atoms with Gasteiger partial charge in [-0.25, -0.2) is 8.42 Å². The van der Waals surface area contributed by atoms with Crippen LogP contribution in [-0.4, -0.2) is 41.2 Å². The summed E-state index contributed by atoms with van der Waals surface area (Å²) in [5.41, 5.74) is 1.07. The third-order valence-corrected chi connectivity index (χ3v) is 5.22. The Labute approximate surface area is 122 Å². The summed E-state index contributed by atoms with van der Waals surface area (Å²) < 4.78 is 32.2. The smallest absolute Gasteiger partial charge is 0.260 e. The van der Waals surface area contributed by atoms with E-state index in [1.807, 2.05) is 24.3 Å². The fraction of sp³-hybridized carbons (Fsp3) is 0.308. The Kier molecular flexibility index (Phi) is 3.66. The molecule has 2 heterocycles. The van der Waals surface area contributed by atoms with Gasteiger partial charge in [0.05, 0.1) is 12.8 Å². The van der Waals surface area contributed by atoms with Crippen LogP contribution in [0.1, 0.15) is 11.1 Å². The SMILES string of the molecule is O=S(=O)(c1[nH]ncc1CO)N1CCOc2ccccc2C1. The average Bonchev–Trinajstić information content (AvgIpc) is 2.86. The van der Waals surface area contributed by atoms with Gasteiger partial charge in [0.1, 0.15) is 12.4 Å². The first-order valence-electron chi connectivity index (χ1n) is 6.47. The zero-order chi connectivity index (χ0) is 14.9. The van der Waals surface area contributed by atoms with Crippen LogP contribution in [-0.2, 0) is 23.2 Å². The largest absolute Gasteiger partial charge is 0.492 e. The lowest BCUT2D eigenvalue weighted by Crippen LogP contribution is -2.33. The summed E-state index contributed by atoms with van der Waals surface area (Å²) in [6, 6.07) is 7.35. The molecule has 112 valence electrons. The predicted molar refractivity (Wildman–Crippen MR) is 74.0 cm³/mol. The molecule has 0 saturated carbocycles. The van der Waals surface area contributed by atoms with Crippen molar-refractivity contribution in [2.75, 3.05) is 13.2 Å². The number of nitrogens with one attached hydrogen (secondary N) is 1. The van der Waals surface area contributed by atoms with Crippen molar-refractivity contribution < 1.29 is 18.3 Å². The minimum atomic E-state index is -3.75. The molecule has 1 aromatic carbocycles. The van der Waals surface area contributed by atoms with E-state index in [0.717, 1.165) is 5.56 Å². The van der Waals surface area contributed by atoms with E-state index in [1.54, 1.807) is 0 Å². The van der Waals surface area contributed by atoms with E-state index in [0.29, 0.717) is 5.75 Å². The number of aliphatic hydroxyl groups excluding tert-OH is 1. The fourth-order valence-electron chi connectivity index (χ4n) is 2.27. The maximum absolute atomic E-state index is 12.7. The number of aliphatic hydroxyl groups is 1.